The predicted molar refractivity (Wildman–Crippen MR) is 48.0 cm³/mol. The SMILES string of the molecule is CC=[C-]c1ccccc1.[Zn+][Br]. The van der Waals surface area contributed by atoms with Crippen LogP contribution in [0.15, 0.2) is 36.4 Å². The zero-order chi connectivity index (χ0) is 8.53. The fourth-order valence-electron chi connectivity index (χ4n) is 0.701. The molecule has 0 aliphatic rings. The van der Waals surface area contributed by atoms with Gasteiger partial charge in [-0.05, 0) is 0 Å². The van der Waals surface area contributed by atoms with Gasteiger partial charge in [-0.2, -0.15) is 23.8 Å². The average Bonchev–Trinajstić information content (AvgIpc) is 2.11. The van der Waals surface area contributed by atoms with E-state index in [0.29, 0.717) is 0 Å². The van der Waals surface area contributed by atoms with Crippen molar-refractivity contribution in [1.29, 1.82) is 0 Å². The summed E-state index contributed by atoms with van der Waals surface area (Å²) in [7, 11) is 0. The predicted octanol–water partition coefficient (Wildman–Crippen LogP) is 3.26. The van der Waals surface area contributed by atoms with Crippen LogP contribution >= 0.6 is 13.6 Å². The van der Waals surface area contributed by atoms with Gasteiger partial charge < -0.3 is 0 Å². The minimum atomic E-state index is 1.14. The molecule has 1 aromatic rings. The van der Waals surface area contributed by atoms with E-state index in [2.05, 4.69) is 19.7 Å². The molecule has 0 unspecified atom stereocenters. The Kier molecular flexibility index (Phi) is 8.21. The summed E-state index contributed by atoms with van der Waals surface area (Å²) in [6.45, 7) is 1.97. The van der Waals surface area contributed by atoms with E-state index in [4.69, 9.17) is 0 Å². The summed E-state index contributed by atoms with van der Waals surface area (Å²) in [5, 5.41) is 0. The standard InChI is InChI=1S/C9H9.BrH.Zn/c1-2-6-9-7-4-3-5-8-9;;/h2-5,7-8H,1H3;1H;/q-1;;+2/p-1. The van der Waals surface area contributed by atoms with Gasteiger partial charge in [0.25, 0.3) is 0 Å². The summed E-state index contributed by atoms with van der Waals surface area (Å²) in [6, 6.07) is 10.1. The van der Waals surface area contributed by atoms with Gasteiger partial charge >= 0.3 is 30.0 Å². The van der Waals surface area contributed by atoms with Crippen LogP contribution in [0.1, 0.15) is 12.5 Å². The van der Waals surface area contributed by atoms with Gasteiger partial charge in [-0.3, -0.25) is 0 Å². The van der Waals surface area contributed by atoms with E-state index < -0.39 is 0 Å². The van der Waals surface area contributed by atoms with E-state index in [1.807, 2.05) is 43.3 Å². The van der Waals surface area contributed by atoms with Crippen LogP contribution < -0.4 is 0 Å². The molecule has 2 heteroatoms. The molecule has 0 aromatic heterocycles. The third-order valence-corrected chi connectivity index (χ3v) is 1.08. The van der Waals surface area contributed by atoms with Gasteiger partial charge in [0.15, 0.2) is 0 Å². The summed E-state index contributed by atoms with van der Waals surface area (Å²) >= 11 is 4.25. The third-order valence-electron chi connectivity index (χ3n) is 1.08. The van der Waals surface area contributed by atoms with Crippen molar-refractivity contribution in [2.24, 2.45) is 0 Å². The molecular formula is C9H9BrZn. The maximum atomic E-state index is 3.08. The molecule has 1 rings (SSSR count). The van der Waals surface area contributed by atoms with Crippen molar-refractivity contribution in [2.45, 2.75) is 6.92 Å². The molecule has 0 spiro atoms. The van der Waals surface area contributed by atoms with E-state index in [9.17, 15) is 0 Å². The molecule has 0 heterocycles. The van der Waals surface area contributed by atoms with Gasteiger partial charge in [0, 0.05) is 0 Å². The van der Waals surface area contributed by atoms with Gasteiger partial charge in [-0.15, -0.1) is 18.2 Å². The van der Waals surface area contributed by atoms with Crippen LogP contribution in [0, 0.1) is 6.08 Å². The topological polar surface area (TPSA) is 0 Å². The summed E-state index contributed by atoms with van der Waals surface area (Å²) in [6.07, 6.45) is 4.99. The second-order valence-corrected chi connectivity index (χ2v) is 1.80. The van der Waals surface area contributed by atoms with E-state index in [1.54, 1.807) is 0 Å². The van der Waals surface area contributed by atoms with E-state index >= 15 is 0 Å². The second kappa shape index (κ2) is 8.16. The Morgan fingerprint density at radius 2 is 1.82 bits per heavy atom. The van der Waals surface area contributed by atoms with E-state index in [-0.39, 0.29) is 0 Å². The van der Waals surface area contributed by atoms with Crippen LogP contribution in [0.25, 0.3) is 0 Å². The van der Waals surface area contributed by atoms with Crippen LogP contribution in [-0.4, -0.2) is 0 Å². The molecule has 0 amide bonds. The number of benzene rings is 1. The Balaban J connectivity index is 0.000000461. The molecule has 0 N–H and O–H groups in total. The first kappa shape index (κ1) is 11.1. The molecule has 0 fully saturated rings. The zero-order valence-corrected chi connectivity index (χ0v) is 11.1. The van der Waals surface area contributed by atoms with Gasteiger partial charge in [0.2, 0.25) is 0 Å². The number of hydrogen-bond donors (Lipinski definition) is 0. The minimum absolute atomic E-state index is 1.14. The monoisotopic (exact) mass is 260 g/mol. The van der Waals surface area contributed by atoms with Gasteiger partial charge in [-0.1, -0.05) is 13.0 Å². The molecule has 0 atom stereocenters. The van der Waals surface area contributed by atoms with Gasteiger partial charge in [-0.25, -0.2) is 0 Å². The third kappa shape index (κ3) is 5.35. The molecule has 0 aliphatic heterocycles. The molecule has 0 radical (unpaired) electrons. The Morgan fingerprint density at radius 3 is 2.27 bits per heavy atom. The molecule has 0 aliphatic carbocycles. The fraction of sp³-hybridized carbons (Fsp3) is 0.111. The normalized spacial score (nSPS) is 9.09. The summed E-state index contributed by atoms with van der Waals surface area (Å²) in [5.41, 5.74) is 1.14. The molecular weight excluding hydrogens is 253 g/mol. The van der Waals surface area contributed by atoms with Crippen molar-refractivity contribution in [1.82, 2.24) is 0 Å². The van der Waals surface area contributed by atoms with Crippen LogP contribution in [-0.2, 0) is 16.3 Å². The Morgan fingerprint density at radius 1 is 1.27 bits per heavy atom. The Bertz CT molecular complexity index is 194. The van der Waals surface area contributed by atoms with Crippen molar-refractivity contribution in [3.05, 3.63) is 48.0 Å². The molecule has 0 saturated carbocycles. The first-order valence-electron chi connectivity index (χ1n) is 3.29. The quantitative estimate of drug-likeness (QED) is 0.538. The maximum absolute atomic E-state index is 3.08. The molecule has 0 nitrogen and oxygen atoms in total. The van der Waals surface area contributed by atoms with Crippen molar-refractivity contribution in [3.8, 4) is 0 Å². The first-order chi connectivity index (χ1) is 5.43. The molecule has 0 saturated heterocycles. The zero-order valence-electron chi connectivity index (χ0n) is 6.55. The van der Waals surface area contributed by atoms with Crippen molar-refractivity contribution < 1.29 is 16.3 Å². The summed E-state index contributed by atoms with van der Waals surface area (Å²) < 4.78 is 0. The van der Waals surface area contributed by atoms with Crippen LogP contribution in [0.4, 0.5) is 0 Å². The van der Waals surface area contributed by atoms with E-state index in [1.165, 1.54) is 16.3 Å². The fourth-order valence-corrected chi connectivity index (χ4v) is 0.701. The van der Waals surface area contributed by atoms with Gasteiger partial charge in [0.05, 0.1) is 0 Å². The van der Waals surface area contributed by atoms with Gasteiger partial charge in [0.1, 0.15) is 0 Å². The number of allylic oxidation sites excluding steroid dienone is 1. The molecule has 54 valence electrons. The average molecular weight is 262 g/mol. The van der Waals surface area contributed by atoms with Crippen molar-refractivity contribution >= 4 is 13.6 Å². The van der Waals surface area contributed by atoms with Crippen LogP contribution in [0.5, 0.6) is 0 Å². The second-order valence-electron chi connectivity index (χ2n) is 1.80. The molecule has 0 bridgehead atoms. The summed E-state index contributed by atoms with van der Waals surface area (Å²) in [4.78, 5) is 0. The number of rotatable bonds is 1. The van der Waals surface area contributed by atoms with Crippen LogP contribution in [0.3, 0.4) is 0 Å². The molecule has 11 heavy (non-hydrogen) atoms. The number of halogens is 1. The van der Waals surface area contributed by atoms with Crippen molar-refractivity contribution in [2.75, 3.05) is 0 Å². The first-order valence-corrected chi connectivity index (χ1v) is 10.2. The Hall–Kier alpha value is 0.0634. The summed E-state index contributed by atoms with van der Waals surface area (Å²) in [5.74, 6) is 0. The number of hydrogen-bond acceptors (Lipinski definition) is 0. The Labute approximate surface area is 84.7 Å². The molecule has 1 aromatic carbocycles. The van der Waals surface area contributed by atoms with Crippen molar-refractivity contribution in [3.63, 3.8) is 0 Å². The van der Waals surface area contributed by atoms with E-state index in [0.717, 1.165) is 5.56 Å². The van der Waals surface area contributed by atoms with Crippen LogP contribution in [0.2, 0.25) is 0 Å².